The third kappa shape index (κ3) is 5.50. The maximum atomic E-state index is 13.4. The number of thioether (sulfide) groups is 1. The summed E-state index contributed by atoms with van der Waals surface area (Å²) in [5.74, 6) is -1.10. The van der Waals surface area contributed by atoms with E-state index in [9.17, 15) is 19.1 Å². The largest absolute Gasteiger partial charge is 0.395 e. The number of nitrogens with zero attached hydrogens (tertiary/aromatic N) is 2. The van der Waals surface area contributed by atoms with Gasteiger partial charge in [0.1, 0.15) is 16.7 Å². The van der Waals surface area contributed by atoms with Crippen LogP contribution >= 0.6 is 24.0 Å². The molecule has 0 spiro atoms. The monoisotopic (exact) mass is 430 g/mol. The summed E-state index contributed by atoms with van der Waals surface area (Å²) in [7, 11) is 0. The van der Waals surface area contributed by atoms with Gasteiger partial charge in [0.25, 0.3) is 5.91 Å². The molecule has 0 bridgehead atoms. The second kappa shape index (κ2) is 9.78. The van der Waals surface area contributed by atoms with E-state index >= 15 is 0 Å². The lowest BCUT2D eigenvalue weighted by Crippen LogP contribution is -2.42. The normalized spacial score (nSPS) is 15.2. The number of thiocarbonyl (C=S) groups is 1. The first kappa shape index (κ1) is 21.2. The first-order chi connectivity index (χ1) is 14.0. The molecule has 0 radical (unpaired) electrons. The van der Waals surface area contributed by atoms with Crippen LogP contribution in [0.1, 0.15) is 11.1 Å². The minimum atomic E-state index is -0.398. The molecule has 0 unspecified atom stereocenters. The predicted molar refractivity (Wildman–Crippen MR) is 115 cm³/mol. The number of amides is 2. The smallest absolute Gasteiger partial charge is 0.266 e. The summed E-state index contributed by atoms with van der Waals surface area (Å²) in [4.78, 5) is 28.6. The van der Waals surface area contributed by atoms with Crippen LogP contribution in [0.3, 0.4) is 0 Å². The fraction of sp³-hybridized carbons (Fsp3) is 0.190. The number of aliphatic hydroxyl groups excluding tert-OH is 1. The molecule has 2 aromatic rings. The van der Waals surface area contributed by atoms with E-state index in [1.165, 1.54) is 21.9 Å². The molecule has 3 rings (SSSR count). The summed E-state index contributed by atoms with van der Waals surface area (Å²) in [6, 6.07) is 15.3. The summed E-state index contributed by atoms with van der Waals surface area (Å²) in [6.45, 7) is 0.0875. The molecule has 8 heteroatoms. The van der Waals surface area contributed by atoms with Gasteiger partial charge in [-0.2, -0.15) is 0 Å². The zero-order chi connectivity index (χ0) is 20.8. The molecule has 0 atom stereocenters. The van der Waals surface area contributed by atoms with Crippen LogP contribution in [-0.2, 0) is 16.1 Å². The summed E-state index contributed by atoms with van der Waals surface area (Å²) in [5, 5.41) is 9.31. The van der Waals surface area contributed by atoms with Crippen molar-refractivity contribution >= 4 is 46.2 Å². The average molecular weight is 431 g/mol. The van der Waals surface area contributed by atoms with Gasteiger partial charge in [0, 0.05) is 13.1 Å². The van der Waals surface area contributed by atoms with Gasteiger partial charge in [0.05, 0.1) is 11.5 Å². The molecule has 1 fully saturated rings. The Morgan fingerprint density at radius 1 is 1.21 bits per heavy atom. The molecule has 5 nitrogen and oxygen atoms in total. The van der Waals surface area contributed by atoms with Gasteiger partial charge in [-0.15, -0.1) is 0 Å². The molecule has 150 valence electrons. The maximum absolute atomic E-state index is 13.4. The Morgan fingerprint density at radius 2 is 1.97 bits per heavy atom. The van der Waals surface area contributed by atoms with E-state index in [0.29, 0.717) is 17.0 Å². The Morgan fingerprint density at radius 3 is 2.66 bits per heavy atom. The quantitative estimate of drug-likeness (QED) is 0.541. The first-order valence-corrected chi connectivity index (χ1v) is 10.1. The van der Waals surface area contributed by atoms with Gasteiger partial charge >= 0.3 is 0 Å². The van der Waals surface area contributed by atoms with Crippen LogP contribution in [0.25, 0.3) is 6.08 Å². The van der Waals surface area contributed by atoms with Crippen molar-refractivity contribution in [2.45, 2.75) is 6.54 Å². The molecule has 1 heterocycles. The second-order valence-electron chi connectivity index (χ2n) is 6.35. The van der Waals surface area contributed by atoms with Crippen LogP contribution in [0.5, 0.6) is 0 Å². The van der Waals surface area contributed by atoms with Crippen molar-refractivity contribution in [2.24, 2.45) is 0 Å². The molecule has 1 saturated heterocycles. The summed E-state index contributed by atoms with van der Waals surface area (Å²) >= 11 is 6.35. The van der Waals surface area contributed by atoms with Crippen molar-refractivity contribution < 1.29 is 19.1 Å². The molecule has 29 heavy (non-hydrogen) atoms. The molecule has 1 N–H and O–H groups in total. The lowest BCUT2D eigenvalue weighted by molar-refractivity contribution is -0.136. The van der Waals surface area contributed by atoms with Crippen molar-refractivity contribution in [3.05, 3.63) is 76.4 Å². The van der Waals surface area contributed by atoms with Crippen LogP contribution in [0.2, 0.25) is 0 Å². The van der Waals surface area contributed by atoms with E-state index in [2.05, 4.69) is 0 Å². The third-order valence-electron chi connectivity index (χ3n) is 4.25. The van der Waals surface area contributed by atoms with E-state index < -0.39 is 5.82 Å². The standard InChI is InChI=1S/C21H19FN2O3S2/c22-17-8-4-7-16(11-17)12-18-20(27)24(21(28)29-18)14-19(26)23(9-10-25)13-15-5-2-1-3-6-15/h1-8,11-12,25H,9-10,13-14H2/b18-12-. The van der Waals surface area contributed by atoms with E-state index in [0.717, 1.165) is 17.3 Å². The first-order valence-electron chi connectivity index (χ1n) is 8.91. The number of hydrogen-bond donors (Lipinski definition) is 1. The van der Waals surface area contributed by atoms with Crippen LogP contribution in [0, 0.1) is 5.82 Å². The molecule has 1 aliphatic rings. The average Bonchev–Trinajstić information content (AvgIpc) is 2.96. The SMILES string of the molecule is O=C(CN1C(=O)/C(=C/c2cccc(F)c2)SC1=S)N(CCO)Cc1ccccc1. The van der Waals surface area contributed by atoms with Crippen LogP contribution < -0.4 is 0 Å². The van der Waals surface area contributed by atoms with Crippen LogP contribution in [0.15, 0.2) is 59.5 Å². The Labute approximate surface area is 177 Å². The number of carbonyl (C=O) groups excluding carboxylic acids is 2. The maximum Gasteiger partial charge on any atom is 0.266 e. The van der Waals surface area contributed by atoms with Crippen LogP contribution in [-0.4, -0.2) is 50.7 Å². The summed E-state index contributed by atoms with van der Waals surface area (Å²) in [5.41, 5.74) is 1.47. The molecule has 1 aliphatic heterocycles. The minimum absolute atomic E-state index is 0.154. The zero-order valence-corrected chi connectivity index (χ0v) is 17.1. The van der Waals surface area contributed by atoms with E-state index in [1.807, 2.05) is 30.3 Å². The Balaban J connectivity index is 1.71. The molecule has 2 aromatic carbocycles. The van der Waals surface area contributed by atoms with Crippen molar-refractivity contribution in [3.63, 3.8) is 0 Å². The number of aliphatic hydroxyl groups is 1. The summed E-state index contributed by atoms with van der Waals surface area (Å²) < 4.78 is 13.6. The van der Waals surface area contributed by atoms with Crippen molar-refractivity contribution in [3.8, 4) is 0 Å². The molecular weight excluding hydrogens is 411 g/mol. The highest BCUT2D eigenvalue weighted by Crippen LogP contribution is 2.32. The van der Waals surface area contributed by atoms with Gasteiger partial charge in [0.15, 0.2) is 0 Å². The zero-order valence-electron chi connectivity index (χ0n) is 15.5. The fourth-order valence-electron chi connectivity index (χ4n) is 2.84. The predicted octanol–water partition coefficient (Wildman–Crippen LogP) is 3.05. The second-order valence-corrected chi connectivity index (χ2v) is 8.02. The van der Waals surface area contributed by atoms with Gasteiger partial charge in [-0.05, 0) is 29.3 Å². The highest BCUT2D eigenvalue weighted by atomic mass is 32.2. The van der Waals surface area contributed by atoms with Gasteiger partial charge in [-0.25, -0.2) is 4.39 Å². The van der Waals surface area contributed by atoms with Gasteiger partial charge in [-0.3, -0.25) is 14.5 Å². The van der Waals surface area contributed by atoms with Gasteiger partial charge in [-0.1, -0.05) is 66.4 Å². The number of halogens is 1. The highest BCUT2D eigenvalue weighted by molar-refractivity contribution is 8.26. The van der Waals surface area contributed by atoms with Crippen molar-refractivity contribution in [2.75, 3.05) is 19.7 Å². The highest BCUT2D eigenvalue weighted by Gasteiger charge is 2.34. The number of hydrogen-bond acceptors (Lipinski definition) is 5. The third-order valence-corrected chi connectivity index (χ3v) is 5.63. The fourth-order valence-corrected chi connectivity index (χ4v) is 4.09. The van der Waals surface area contributed by atoms with E-state index in [1.54, 1.807) is 18.2 Å². The van der Waals surface area contributed by atoms with E-state index in [4.69, 9.17) is 12.2 Å². The molecule has 0 saturated carbocycles. The van der Waals surface area contributed by atoms with Gasteiger partial charge < -0.3 is 10.0 Å². The molecule has 0 aromatic heterocycles. The Bertz CT molecular complexity index is 950. The van der Waals surface area contributed by atoms with Gasteiger partial charge in [0.2, 0.25) is 5.91 Å². The Kier molecular flexibility index (Phi) is 7.13. The number of carbonyl (C=O) groups is 2. The Hall–Kier alpha value is -2.55. The van der Waals surface area contributed by atoms with Crippen LogP contribution in [0.4, 0.5) is 4.39 Å². The summed E-state index contributed by atoms with van der Waals surface area (Å²) in [6.07, 6.45) is 1.56. The molecule has 2 amide bonds. The van der Waals surface area contributed by atoms with Crippen molar-refractivity contribution in [1.29, 1.82) is 0 Å². The lowest BCUT2D eigenvalue weighted by atomic mass is 10.2. The van der Waals surface area contributed by atoms with Crippen molar-refractivity contribution in [1.82, 2.24) is 9.80 Å². The van der Waals surface area contributed by atoms with E-state index in [-0.39, 0.29) is 35.8 Å². The topological polar surface area (TPSA) is 60.9 Å². The minimum Gasteiger partial charge on any atom is -0.395 e. The molecule has 0 aliphatic carbocycles. The number of rotatable bonds is 7. The molecular formula is C21H19FN2O3S2. The lowest BCUT2D eigenvalue weighted by Gasteiger charge is -2.24. The number of benzene rings is 2.